The van der Waals surface area contributed by atoms with Crippen molar-refractivity contribution in [1.29, 1.82) is 5.41 Å². The van der Waals surface area contributed by atoms with Crippen LogP contribution in [0.2, 0.25) is 0 Å². The predicted molar refractivity (Wildman–Crippen MR) is 472 cm³/mol. The van der Waals surface area contributed by atoms with Crippen molar-refractivity contribution < 1.29 is 101 Å². The highest BCUT2D eigenvalue weighted by atomic mass is 32.2. The van der Waals surface area contributed by atoms with Crippen molar-refractivity contribution in [3.05, 3.63) is 108 Å². The predicted octanol–water partition coefficient (Wildman–Crippen LogP) is -4.15. The number of rotatable bonds is 22. The molecule has 8 rings (SSSR count). The van der Waals surface area contributed by atoms with E-state index in [2.05, 4.69) is 79.1 Å². The number of aromatic amines is 2. The van der Waals surface area contributed by atoms with Gasteiger partial charge in [-0.2, -0.15) is 35.3 Å². The quantitative estimate of drug-likeness (QED) is 0.0178. The zero-order valence-corrected chi connectivity index (χ0v) is 73.6. The van der Waals surface area contributed by atoms with Gasteiger partial charge in [0.2, 0.25) is 106 Å². The first-order chi connectivity index (χ1) is 61.4. The van der Waals surface area contributed by atoms with Gasteiger partial charge in [-0.15, -0.1) is 0 Å². The summed E-state index contributed by atoms with van der Waals surface area (Å²) in [6.07, 6.45) is -3.06. The van der Waals surface area contributed by atoms with Gasteiger partial charge in [-0.3, -0.25) is 96.5 Å². The minimum absolute atomic E-state index is 0.00580. The molecule has 2 aromatic heterocycles. The summed E-state index contributed by atoms with van der Waals surface area (Å²) in [5.41, 5.74) is 24.9. The number of hydrogen-bond donors (Lipinski definition) is 21. The van der Waals surface area contributed by atoms with Crippen LogP contribution in [-0.2, 0) is 110 Å². The summed E-state index contributed by atoms with van der Waals surface area (Å²) < 4.78 is 14.3. The fraction of sp³-hybridized carbons (Fsp3) is 0.488. The highest BCUT2D eigenvalue weighted by molar-refractivity contribution is 7.99. The van der Waals surface area contributed by atoms with Crippen molar-refractivity contribution in [2.75, 3.05) is 67.6 Å². The second-order valence-electron chi connectivity index (χ2n) is 31.4. The molecule has 5 heterocycles. The van der Waals surface area contributed by atoms with E-state index in [1.807, 2.05) is 0 Å². The van der Waals surface area contributed by atoms with E-state index in [0.29, 0.717) is 38.5 Å². The number of amides is 18. The number of carboxylic acid groups (broad SMARTS) is 1. The fourth-order valence-corrected chi connectivity index (χ4v) is 17.0. The molecule has 5 aromatic rings. The number of hydrogen-bond acceptors (Lipinski definition) is 23. The zero-order valence-electron chi connectivity index (χ0n) is 71.1. The SMILES string of the molecule is CC(=O)N[C@H]1CSCCC(=O)N2CN3CN(C2)C(=O)CCSC[C@H](NC(=O)[C@H](CC(=O)O)NC(=O)[C@H](CCC(N)=O)NC(=O)[C@H](CC(C)C)NC(=O)[C@H](Cc2c[nH]c4ccccc24)NC(=O)[C@H](CCC(N)=O)NC1=O)C(=O)N[C@@H](Cc1c[nH]c2ccccc12)C(=O)N[C@@H](CCCNC(=N)N)C(=O)NCC(=O)N[C@@H](Cc1ccc(F)cc1)C(=O)N[C@H](C(N)=O)CSCCC3=O. The lowest BCUT2D eigenvalue weighted by Gasteiger charge is -2.42. The van der Waals surface area contributed by atoms with E-state index < -0.39 is 274 Å². The third-order valence-corrected chi connectivity index (χ3v) is 24.0. The van der Waals surface area contributed by atoms with Crippen molar-refractivity contribution in [1.82, 2.24) is 93.8 Å². The van der Waals surface area contributed by atoms with Gasteiger partial charge in [-0.05, 0) is 79.0 Å². The molecule has 4 bridgehead atoms. The molecule has 47 heteroatoms. The molecule has 3 fully saturated rings. The van der Waals surface area contributed by atoms with Gasteiger partial charge in [-0.25, -0.2) is 4.39 Å². The van der Waals surface area contributed by atoms with Crippen LogP contribution in [-0.4, -0.2) is 282 Å². The Morgan fingerprint density at radius 3 is 1.43 bits per heavy atom. The standard InChI is InChI=1S/C82H110FN23O20S3/c1-43(2)29-56-75(120)96-54(18-20-64(84)108)74(119)101-60(33-70(114)115)79(124)103-63-39-129-28-24-69(113)106-41-104(40-105(42-106)68(112)23-27-128-38-62(93-44(3)107)80(125)97-55(19-21-65(85)109)73(118)99-59(78(123)98-56)32-47-35-91-52-12-7-5-10-50(47)52)67(111)22-26-127-37-61(71(86)116)102-76(121)57(30-45-14-16-48(83)17-15-45)94-66(110)36-92-72(117)53(13-8-25-89-82(87)88)95-77(122)58(100-81(63)126)31-46-34-90-51-11-6-4-9-49(46)51/h4-7,9-12,14-17,34-35,43,53-63,90-91H,8,13,18-33,36-42H2,1-3H3,(H2,84,108)(H2,85,109)(H2,86,116)(H,92,117)(H,93,107)(H,94,110)(H,95,122)(H,96,120)(H,97,125)(H,98,123)(H,99,118)(H,100,126)(H,101,119)(H,102,121)(H,103,124)(H,114,115)(H4,87,88,89)/t53-,54-,55-,56-,57-,58-,59-,60-,61-,62-,63-/m0/s1. The average Bonchev–Trinajstić information content (AvgIpc) is 1.64. The summed E-state index contributed by atoms with van der Waals surface area (Å²) in [6, 6.07) is -0.305. The molecule has 43 nitrogen and oxygen atoms in total. The fourth-order valence-electron chi connectivity index (χ4n) is 14.1. The lowest BCUT2D eigenvalue weighted by Crippen LogP contribution is -2.61. The maximum absolute atomic E-state index is 15.5. The molecule has 3 aliphatic rings. The largest absolute Gasteiger partial charge is 0.481 e. The molecule has 0 spiro atoms. The summed E-state index contributed by atoms with van der Waals surface area (Å²) in [4.78, 5) is 281. The Labute approximate surface area is 752 Å². The Bertz CT molecular complexity index is 4940. The van der Waals surface area contributed by atoms with Gasteiger partial charge in [0.25, 0.3) is 0 Å². The first kappa shape index (κ1) is 101. The molecule has 18 amide bonds. The van der Waals surface area contributed by atoms with Gasteiger partial charge in [0.1, 0.15) is 72.3 Å². The van der Waals surface area contributed by atoms with Crippen LogP contribution in [0.15, 0.2) is 85.2 Å². The lowest BCUT2D eigenvalue weighted by molar-refractivity contribution is -0.158. The Morgan fingerprint density at radius 1 is 0.504 bits per heavy atom. The summed E-state index contributed by atoms with van der Waals surface area (Å²) in [7, 11) is 0. The molecule has 3 aromatic carbocycles. The number of benzene rings is 3. The Morgan fingerprint density at radius 2 is 0.938 bits per heavy atom. The minimum Gasteiger partial charge on any atom is -0.481 e. The smallest absolute Gasteiger partial charge is 0.305 e. The van der Waals surface area contributed by atoms with E-state index in [9.17, 15) is 81.4 Å². The number of carboxylic acids is 1. The number of aromatic nitrogens is 2. The van der Waals surface area contributed by atoms with Gasteiger partial charge in [0.15, 0.2) is 5.96 Å². The number of aliphatic carboxylic acids is 1. The normalized spacial score (nSPS) is 23.2. The number of nitrogens with one attached hydrogen (secondary N) is 16. The van der Waals surface area contributed by atoms with Crippen molar-refractivity contribution in [3.8, 4) is 0 Å². The highest BCUT2D eigenvalue weighted by Gasteiger charge is 2.40. The van der Waals surface area contributed by atoms with Gasteiger partial charge < -0.3 is 122 Å². The number of para-hydroxylation sites is 2. The molecular formula is C82H110FN23O20S3. The van der Waals surface area contributed by atoms with E-state index >= 15 is 19.2 Å². The van der Waals surface area contributed by atoms with Crippen LogP contribution in [0.3, 0.4) is 0 Å². The molecule has 0 radical (unpaired) electrons. The van der Waals surface area contributed by atoms with Crippen molar-refractivity contribution in [3.63, 3.8) is 0 Å². The zero-order chi connectivity index (χ0) is 94.1. The monoisotopic (exact) mass is 1850 g/mol. The second-order valence-corrected chi connectivity index (χ2v) is 34.9. The van der Waals surface area contributed by atoms with Gasteiger partial charge >= 0.3 is 5.97 Å². The number of nitrogens with zero attached hydrogens (tertiary/aromatic N) is 3. The highest BCUT2D eigenvalue weighted by Crippen LogP contribution is 2.24. The van der Waals surface area contributed by atoms with Crippen LogP contribution in [0, 0.1) is 17.1 Å². The maximum atomic E-state index is 15.5. The van der Waals surface area contributed by atoms with Crippen molar-refractivity contribution >= 4 is 175 Å². The van der Waals surface area contributed by atoms with E-state index in [1.165, 1.54) is 28.1 Å². The van der Waals surface area contributed by atoms with Crippen LogP contribution < -0.4 is 92.1 Å². The summed E-state index contributed by atoms with van der Waals surface area (Å²) in [6.45, 7) is 2.23. The summed E-state index contributed by atoms with van der Waals surface area (Å²) in [5.74, 6) is -22.6. The number of nitrogens with two attached hydrogens (primary N) is 4. The number of guanidine groups is 1. The number of primary amides is 3. The molecule has 25 N–H and O–H groups in total. The van der Waals surface area contributed by atoms with Crippen LogP contribution in [0.4, 0.5) is 4.39 Å². The molecule has 0 aliphatic carbocycles. The van der Waals surface area contributed by atoms with Crippen LogP contribution in [0.25, 0.3) is 21.8 Å². The first-order valence-electron chi connectivity index (χ1n) is 41.5. The lowest BCUT2D eigenvalue weighted by atomic mass is 9.99. The second kappa shape index (κ2) is 49.9. The van der Waals surface area contributed by atoms with Gasteiger partial charge in [0.05, 0.1) is 33.0 Å². The Hall–Kier alpha value is -13.1. The van der Waals surface area contributed by atoms with Crippen molar-refractivity contribution in [2.45, 2.75) is 177 Å². The number of thioether (sulfide) groups is 3. The minimum atomic E-state index is -2.19. The van der Waals surface area contributed by atoms with E-state index in [1.54, 1.807) is 68.6 Å². The van der Waals surface area contributed by atoms with E-state index in [0.717, 1.165) is 59.2 Å². The van der Waals surface area contributed by atoms with Crippen molar-refractivity contribution in [2.24, 2.45) is 28.9 Å². The molecule has 129 heavy (non-hydrogen) atoms. The maximum Gasteiger partial charge on any atom is 0.305 e. The molecule has 3 aliphatic heterocycles. The average molecular weight is 1850 g/mol. The topological polar surface area (TPSA) is 670 Å². The molecule has 0 unspecified atom stereocenters. The van der Waals surface area contributed by atoms with Crippen LogP contribution in [0.5, 0.6) is 0 Å². The number of carbonyl (C=O) groups excluding carboxylic acids is 18. The third-order valence-electron chi connectivity index (χ3n) is 20.8. The molecule has 3 saturated heterocycles. The summed E-state index contributed by atoms with van der Waals surface area (Å²) >= 11 is 2.81. The molecular weight excluding hydrogens is 1740 g/mol. The molecule has 0 saturated carbocycles. The van der Waals surface area contributed by atoms with Crippen LogP contribution in [0.1, 0.15) is 108 Å². The number of H-pyrrole nitrogens is 2. The molecule has 698 valence electrons. The Balaban J connectivity index is 1.22. The van der Waals surface area contributed by atoms with Crippen LogP contribution >= 0.6 is 35.3 Å². The van der Waals surface area contributed by atoms with E-state index in [-0.39, 0.29) is 80.3 Å². The molecule has 11 atom stereocenters. The number of halogens is 1. The summed E-state index contributed by atoms with van der Waals surface area (Å²) in [5, 5.41) is 52.3. The number of carbonyl (C=O) groups is 19. The van der Waals surface area contributed by atoms with Gasteiger partial charge in [-0.1, -0.05) is 62.4 Å². The van der Waals surface area contributed by atoms with Gasteiger partial charge in [0, 0.05) is 134 Å². The third kappa shape index (κ3) is 32.6. The first-order valence-corrected chi connectivity index (χ1v) is 45.0. The Kier molecular flexibility index (Phi) is 39.2. The number of fused-ring (bicyclic) bond motifs is 9. The van der Waals surface area contributed by atoms with E-state index in [4.69, 9.17) is 28.3 Å².